The molecule has 0 spiro atoms. The van der Waals surface area contributed by atoms with Crippen LogP contribution in [0, 0.1) is 0 Å². The standard InChI is InChI=1S/C12H15N3O4/c1-2-19-12(18)14-11-13-6-7-15(11)10-8(16)4-3-5-9(10)17/h3-5,16-17H,2,6-7H2,1H3,(H,13,14,18). The Morgan fingerprint density at radius 1 is 1.47 bits per heavy atom. The van der Waals surface area contributed by atoms with E-state index in [2.05, 4.69) is 10.3 Å². The molecule has 0 bridgehead atoms. The highest BCUT2D eigenvalue weighted by Gasteiger charge is 2.25. The van der Waals surface area contributed by atoms with Crippen LogP contribution in [0.2, 0.25) is 0 Å². The summed E-state index contributed by atoms with van der Waals surface area (Å²) in [6.07, 6.45) is -0.622. The zero-order valence-corrected chi connectivity index (χ0v) is 10.5. The van der Waals surface area contributed by atoms with Crippen molar-refractivity contribution >= 4 is 17.7 Å². The first-order valence-electron chi connectivity index (χ1n) is 5.90. The summed E-state index contributed by atoms with van der Waals surface area (Å²) in [4.78, 5) is 17.0. The molecular formula is C12H15N3O4. The van der Waals surface area contributed by atoms with Crippen molar-refractivity contribution in [3.05, 3.63) is 18.2 Å². The quantitative estimate of drug-likeness (QED) is 0.742. The van der Waals surface area contributed by atoms with Crippen molar-refractivity contribution in [1.29, 1.82) is 0 Å². The van der Waals surface area contributed by atoms with Gasteiger partial charge in [0.25, 0.3) is 0 Å². The van der Waals surface area contributed by atoms with Crippen molar-refractivity contribution in [1.82, 2.24) is 5.32 Å². The highest BCUT2D eigenvalue weighted by atomic mass is 16.5. The Hall–Kier alpha value is -2.44. The molecule has 0 fully saturated rings. The van der Waals surface area contributed by atoms with Gasteiger partial charge in [-0.15, -0.1) is 0 Å². The summed E-state index contributed by atoms with van der Waals surface area (Å²) < 4.78 is 4.77. The maximum atomic E-state index is 11.4. The maximum Gasteiger partial charge on any atom is 0.413 e. The molecule has 0 unspecified atom stereocenters. The molecule has 102 valence electrons. The van der Waals surface area contributed by atoms with Crippen LogP contribution >= 0.6 is 0 Å². The number of aromatic hydroxyl groups is 2. The molecule has 1 aromatic rings. The Balaban J connectivity index is 2.21. The van der Waals surface area contributed by atoms with Crippen molar-refractivity contribution in [3.8, 4) is 11.5 Å². The predicted molar refractivity (Wildman–Crippen MR) is 69.6 cm³/mol. The van der Waals surface area contributed by atoms with Crippen LogP contribution in [0.4, 0.5) is 10.5 Å². The van der Waals surface area contributed by atoms with E-state index < -0.39 is 6.09 Å². The molecule has 1 aliphatic rings. The monoisotopic (exact) mass is 265 g/mol. The van der Waals surface area contributed by atoms with Gasteiger partial charge in [0.1, 0.15) is 17.2 Å². The van der Waals surface area contributed by atoms with Crippen molar-refractivity contribution in [2.24, 2.45) is 4.99 Å². The second kappa shape index (κ2) is 5.47. The summed E-state index contributed by atoms with van der Waals surface area (Å²) in [6.45, 7) is 2.85. The number of guanidine groups is 1. The number of alkyl carbamates (subject to hydrolysis) is 1. The lowest BCUT2D eigenvalue weighted by atomic mass is 10.2. The molecule has 1 aromatic carbocycles. The normalized spacial score (nSPS) is 14.2. The second-order valence-corrected chi connectivity index (χ2v) is 3.85. The lowest BCUT2D eigenvalue weighted by molar-refractivity contribution is 0.157. The molecule has 1 amide bonds. The van der Waals surface area contributed by atoms with Gasteiger partial charge in [-0.25, -0.2) is 4.79 Å². The lowest BCUT2D eigenvalue weighted by Crippen LogP contribution is -2.42. The molecule has 0 saturated carbocycles. The average Bonchev–Trinajstić information content (AvgIpc) is 2.77. The van der Waals surface area contributed by atoms with Crippen LogP contribution in [-0.4, -0.2) is 42.0 Å². The highest BCUT2D eigenvalue weighted by molar-refractivity contribution is 6.06. The minimum atomic E-state index is -0.622. The van der Waals surface area contributed by atoms with Crippen LogP contribution in [0.25, 0.3) is 0 Å². The number of benzene rings is 1. The average molecular weight is 265 g/mol. The fourth-order valence-electron chi connectivity index (χ4n) is 1.83. The molecule has 7 nitrogen and oxygen atoms in total. The predicted octanol–water partition coefficient (Wildman–Crippen LogP) is 1.02. The van der Waals surface area contributed by atoms with Gasteiger partial charge in [-0.05, 0) is 19.1 Å². The summed E-state index contributed by atoms with van der Waals surface area (Å²) in [6, 6.07) is 4.44. The van der Waals surface area contributed by atoms with E-state index >= 15 is 0 Å². The number of anilines is 1. The first-order chi connectivity index (χ1) is 9.13. The molecule has 0 saturated heterocycles. The van der Waals surface area contributed by atoms with Gasteiger partial charge in [-0.2, -0.15) is 0 Å². The third kappa shape index (κ3) is 2.70. The van der Waals surface area contributed by atoms with E-state index in [1.54, 1.807) is 6.92 Å². The highest BCUT2D eigenvalue weighted by Crippen LogP contribution is 2.36. The fraction of sp³-hybridized carbons (Fsp3) is 0.333. The summed E-state index contributed by atoms with van der Waals surface area (Å²) in [7, 11) is 0. The van der Waals surface area contributed by atoms with Crippen molar-refractivity contribution in [2.75, 3.05) is 24.6 Å². The van der Waals surface area contributed by atoms with Crippen molar-refractivity contribution in [3.63, 3.8) is 0 Å². The zero-order valence-electron chi connectivity index (χ0n) is 10.5. The minimum Gasteiger partial charge on any atom is -0.506 e. The smallest absolute Gasteiger partial charge is 0.413 e. The van der Waals surface area contributed by atoms with E-state index in [1.807, 2.05) is 0 Å². The molecule has 0 aliphatic carbocycles. The Labute approximate surface area is 110 Å². The molecule has 19 heavy (non-hydrogen) atoms. The van der Waals surface area contributed by atoms with E-state index in [-0.39, 0.29) is 29.8 Å². The van der Waals surface area contributed by atoms with Crippen molar-refractivity contribution < 1.29 is 19.7 Å². The number of ether oxygens (including phenoxy) is 1. The molecule has 1 heterocycles. The number of nitrogens with zero attached hydrogens (tertiary/aromatic N) is 2. The van der Waals surface area contributed by atoms with Gasteiger partial charge in [0.2, 0.25) is 5.96 Å². The molecule has 0 radical (unpaired) electrons. The largest absolute Gasteiger partial charge is 0.506 e. The third-order valence-electron chi connectivity index (χ3n) is 2.59. The number of phenols is 2. The summed E-state index contributed by atoms with van der Waals surface area (Å²) >= 11 is 0. The number of carbonyl (C=O) groups excluding carboxylic acids is 1. The summed E-state index contributed by atoms with van der Waals surface area (Å²) in [5.74, 6) is 0.0794. The number of para-hydroxylation sites is 1. The SMILES string of the molecule is CCOC(=O)NC1=NCCN1c1c(O)cccc1O. The van der Waals surface area contributed by atoms with E-state index in [9.17, 15) is 15.0 Å². The van der Waals surface area contributed by atoms with Crippen LogP contribution in [-0.2, 0) is 4.74 Å². The summed E-state index contributed by atoms with van der Waals surface area (Å²) in [5.41, 5.74) is 0.218. The molecular weight excluding hydrogens is 250 g/mol. The number of nitrogens with one attached hydrogen (secondary N) is 1. The van der Waals surface area contributed by atoms with Crippen LogP contribution in [0.3, 0.4) is 0 Å². The van der Waals surface area contributed by atoms with E-state index in [0.29, 0.717) is 13.1 Å². The van der Waals surface area contributed by atoms with Crippen LogP contribution < -0.4 is 10.2 Å². The van der Waals surface area contributed by atoms with Gasteiger partial charge in [-0.1, -0.05) is 6.07 Å². The van der Waals surface area contributed by atoms with Gasteiger partial charge in [0.05, 0.1) is 13.2 Å². The van der Waals surface area contributed by atoms with Gasteiger partial charge in [0, 0.05) is 6.54 Å². The van der Waals surface area contributed by atoms with Gasteiger partial charge in [0.15, 0.2) is 0 Å². The first-order valence-corrected chi connectivity index (χ1v) is 5.90. The third-order valence-corrected chi connectivity index (χ3v) is 2.59. The molecule has 0 aromatic heterocycles. The van der Waals surface area contributed by atoms with E-state index in [4.69, 9.17) is 4.74 Å². The number of amides is 1. The molecule has 3 N–H and O–H groups in total. The molecule has 0 atom stereocenters. The molecule has 1 aliphatic heterocycles. The van der Waals surface area contributed by atoms with Crippen LogP contribution in [0.15, 0.2) is 23.2 Å². The Morgan fingerprint density at radius 3 is 2.79 bits per heavy atom. The number of hydrogen-bond acceptors (Lipinski definition) is 6. The van der Waals surface area contributed by atoms with Crippen LogP contribution in [0.1, 0.15) is 6.92 Å². The molecule has 7 heteroatoms. The first kappa shape index (κ1) is 13.0. The van der Waals surface area contributed by atoms with Gasteiger partial charge < -0.3 is 19.8 Å². The summed E-state index contributed by atoms with van der Waals surface area (Å²) in [5, 5.41) is 22.1. The maximum absolute atomic E-state index is 11.4. The number of phenolic OH excluding ortho intramolecular Hbond substituents is 2. The van der Waals surface area contributed by atoms with E-state index in [0.717, 1.165) is 0 Å². The van der Waals surface area contributed by atoms with Crippen LogP contribution in [0.5, 0.6) is 11.5 Å². The number of aliphatic imine (C=N–C) groups is 1. The van der Waals surface area contributed by atoms with Gasteiger partial charge in [-0.3, -0.25) is 10.3 Å². The number of rotatable bonds is 2. The molecule has 2 rings (SSSR count). The minimum absolute atomic E-state index is 0.0831. The van der Waals surface area contributed by atoms with Crippen molar-refractivity contribution in [2.45, 2.75) is 6.92 Å². The Bertz CT molecular complexity index is 495. The van der Waals surface area contributed by atoms with E-state index in [1.165, 1.54) is 23.1 Å². The fourth-order valence-corrected chi connectivity index (χ4v) is 1.83. The zero-order chi connectivity index (χ0) is 13.8. The number of carbonyl (C=O) groups is 1. The topological polar surface area (TPSA) is 94.4 Å². The van der Waals surface area contributed by atoms with Gasteiger partial charge >= 0.3 is 6.09 Å². The Morgan fingerprint density at radius 2 is 2.16 bits per heavy atom. The number of hydrogen-bond donors (Lipinski definition) is 3. The Kier molecular flexibility index (Phi) is 3.74. The second-order valence-electron chi connectivity index (χ2n) is 3.85. The lowest BCUT2D eigenvalue weighted by Gasteiger charge is -2.22.